The van der Waals surface area contributed by atoms with Crippen molar-refractivity contribution in [2.45, 2.75) is 19.9 Å². The van der Waals surface area contributed by atoms with Crippen molar-refractivity contribution in [1.82, 2.24) is 4.90 Å². The quantitative estimate of drug-likeness (QED) is 0.760. The lowest BCUT2D eigenvalue weighted by Gasteiger charge is -2.25. The molecule has 2 aromatic rings. The first-order chi connectivity index (χ1) is 11.4. The van der Waals surface area contributed by atoms with Gasteiger partial charge < -0.3 is 9.64 Å². The van der Waals surface area contributed by atoms with Crippen LogP contribution in [0.2, 0.25) is 0 Å². The molecular formula is C19H20FNO3. The number of likely N-dealkylation sites (N-methyl/N-ethyl adjacent to an activating group) is 1. The van der Waals surface area contributed by atoms with Crippen LogP contribution in [0.1, 0.15) is 35.8 Å². The van der Waals surface area contributed by atoms with Crippen molar-refractivity contribution < 1.29 is 18.7 Å². The average molecular weight is 329 g/mol. The van der Waals surface area contributed by atoms with E-state index in [1.165, 1.54) is 17.9 Å². The Morgan fingerprint density at radius 2 is 1.88 bits per heavy atom. The summed E-state index contributed by atoms with van der Waals surface area (Å²) >= 11 is 0. The Hall–Kier alpha value is -2.69. The summed E-state index contributed by atoms with van der Waals surface area (Å²) < 4.78 is 19.3. The highest BCUT2D eigenvalue weighted by atomic mass is 19.1. The molecule has 2 aromatic carbocycles. The van der Waals surface area contributed by atoms with Gasteiger partial charge in [0.15, 0.2) is 12.4 Å². The molecule has 126 valence electrons. The van der Waals surface area contributed by atoms with Gasteiger partial charge in [-0.1, -0.05) is 30.3 Å². The zero-order chi connectivity index (χ0) is 17.7. The molecule has 1 unspecified atom stereocenters. The number of Topliss-reactive ketones (excluding diaryl/α,β-unsaturated/α-hetero) is 1. The van der Waals surface area contributed by atoms with E-state index in [1.807, 2.05) is 0 Å². The summed E-state index contributed by atoms with van der Waals surface area (Å²) in [7, 11) is 1.61. The molecule has 4 nitrogen and oxygen atoms in total. The lowest BCUT2D eigenvalue weighted by atomic mass is 10.1. The fourth-order valence-electron chi connectivity index (χ4n) is 2.29. The molecule has 0 saturated heterocycles. The van der Waals surface area contributed by atoms with E-state index in [1.54, 1.807) is 56.4 Å². The molecule has 0 saturated carbocycles. The average Bonchev–Trinajstić information content (AvgIpc) is 2.59. The maximum Gasteiger partial charge on any atom is 0.260 e. The predicted molar refractivity (Wildman–Crippen MR) is 89.5 cm³/mol. The van der Waals surface area contributed by atoms with Crippen LogP contribution in [0.15, 0.2) is 48.5 Å². The third-order valence-corrected chi connectivity index (χ3v) is 3.93. The van der Waals surface area contributed by atoms with Crippen LogP contribution < -0.4 is 4.74 Å². The van der Waals surface area contributed by atoms with Gasteiger partial charge in [0.25, 0.3) is 5.91 Å². The van der Waals surface area contributed by atoms with Crippen molar-refractivity contribution in [2.24, 2.45) is 0 Å². The lowest BCUT2D eigenvalue weighted by molar-refractivity contribution is -0.134. The van der Waals surface area contributed by atoms with E-state index >= 15 is 0 Å². The minimum Gasteiger partial charge on any atom is -0.484 e. The van der Waals surface area contributed by atoms with Crippen LogP contribution in [0.5, 0.6) is 5.75 Å². The Labute approximate surface area is 140 Å². The lowest BCUT2D eigenvalue weighted by Crippen LogP contribution is -2.34. The number of nitrogens with zero attached hydrogens (tertiary/aromatic N) is 1. The third-order valence-electron chi connectivity index (χ3n) is 3.93. The predicted octanol–water partition coefficient (Wildman–Crippen LogP) is 3.63. The van der Waals surface area contributed by atoms with Gasteiger partial charge in [0.1, 0.15) is 11.6 Å². The molecule has 0 N–H and O–H groups in total. The summed E-state index contributed by atoms with van der Waals surface area (Å²) in [5.74, 6) is -0.251. The summed E-state index contributed by atoms with van der Waals surface area (Å²) in [4.78, 5) is 25.1. The van der Waals surface area contributed by atoms with Gasteiger partial charge in [-0.3, -0.25) is 9.59 Å². The molecule has 0 aromatic heterocycles. The van der Waals surface area contributed by atoms with Crippen LogP contribution in [-0.2, 0) is 4.79 Å². The van der Waals surface area contributed by atoms with Gasteiger partial charge in [0, 0.05) is 18.2 Å². The summed E-state index contributed by atoms with van der Waals surface area (Å²) in [5.41, 5.74) is 0.972. The molecule has 0 aliphatic rings. The Morgan fingerprint density at radius 3 is 2.54 bits per heavy atom. The second-order valence-electron chi connectivity index (χ2n) is 5.57. The number of benzene rings is 2. The Morgan fingerprint density at radius 1 is 1.17 bits per heavy atom. The van der Waals surface area contributed by atoms with E-state index in [0.29, 0.717) is 16.9 Å². The molecule has 2 rings (SSSR count). The highest BCUT2D eigenvalue weighted by Crippen LogP contribution is 2.22. The smallest absolute Gasteiger partial charge is 0.260 e. The first-order valence-electron chi connectivity index (χ1n) is 7.64. The van der Waals surface area contributed by atoms with E-state index in [0.717, 1.165) is 0 Å². The van der Waals surface area contributed by atoms with E-state index in [4.69, 9.17) is 4.74 Å². The zero-order valence-electron chi connectivity index (χ0n) is 14.0. The first-order valence-corrected chi connectivity index (χ1v) is 7.64. The summed E-state index contributed by atoms with van der Waals surface area (Å²) in [6.07, 6.45) is 0. The minimum atomic E-state index is -0.411. The molecule has 0 bridgehead atoms. The molecule has 1 amide bonds. The largest absolute Gasteiger partial charge is 0.484 e. The maximum atomic E-state index is 13.8. The third kappa shape index (κ3) is 4.19. The number of rotatable bonds is 6. The molecule has 0 aliphatic heterocycles. The molecule has 24 heavy (non-hydrogen) atoms. The Bertz CT molecular complexity index is 745. The number of amides is 1. The van der Waals surface area contributed by atoms with Crippen molar-refractivity contribution in [2.75, 3.05) is 13.7 Å². The van der Waals surface area contributed by atoms with E-state index in [2.05, 4.69) is 0 Å². The Kier molecular flexibility index (Phi) is 5.68. The number of ketones is 1. The van der Waals surface area contributed by atoms with Gasteiger partial charge in [-0.25, -0.2) is 4.39 Å². The molecule has 5 heteroatoms. The summed E-state index contributed by atoms with van der Waals surface area (Å²) in [6.45, 7) is 3.04. The van der Waals surface area contributed by atoms with Crippen LogP contribution in [0, 0.1) is 5.82 Å². The second-order valence-corrected chi connectivity index (χ2v) is 5.57. The van der Waals surface area contributed by atoms with Crippen molar-refractivity contribution in [1.29, 1.82) is 0 Å². The maximum absolute atomic E-state index is 13.8. The van der Waals surface area contributed by atoms with Crippen LogP contribution in [0.25, 0.3) is 0 Å². The van der Waals surface area contributed by atoms with Gasteiger partial charge in [0.2, 0.25) is 0 Å². The molecule has 0 heterocycles. The highest BCUT2D eigenvalue weighted by Gasteiger charge is 2.20. The molecule has 0 spiro atoms. The fraction of sp³-hybridized carbons (Fsp3) is 0.263. The molecule has 0 fully saturated rings. The van der Waals surface area contributed by atoms with E-state index in [9.17, 15) is 14.0 Å². The first kappa shape index (κ1) is 17.7. The van der Waals surface area contributed by atoms with Gasteiger partial charge >= 0.3 is 0 Å². The molecule has 0 aliphatic carbocycles. The van der Waals surface area contributed by atoms with Gasteiger partial charge in [-0.05, 0) is 32.0 Å². The molecule has 0 radical (unpaired) electrons. The van der Waals surface area contributed by atoms with E-state index < -0.39 is 6.04 Å². The van der Waals surface area contributed by atoms with Gasteiger partial charge in [-0.2, -0.15) is 0 Å². The van der Waals surface area contributed by atoms with Gasteiger partial charge in [0.05, 0.1) is 6.04 Å². The van der Waals surface area contributed by atoms with Crippen LogP contribution >= 0.6 is 0 Å². The van der Waals surface area contributed by atoms with Crippen molar-refractivity contribution in [3.05, 3.63) is 65.5 Å². The zero-order valence-corrected chi connectivity index (χ0v) is 14.0. The molecular weight excluding hydrogens is 309 g/mol. The summed E-state index contributed by atoms with van der Waals surface area (Å²) in [5, 5.41) is 0. The number of halogens is 1. The monoisotopic (exact) mass is 329 g/mol. The number of ether oxygens (including phenoxy) is 1. The van der Waals surface area contributed by atoms with Crippen LogP contribution in [0.4, 0.5) is 4.39 Å². The minimum absolute atomic E-state index is 0.0722. The van der Waals surface area contributed by atoms with Gasteiger partial charge in [-0.15, -0.1) is 0 Å². The van der Waals surface area contributed by atoms with Crippen molar-refractivity contribution in [3.8, 4) is 5.75 Å². The second kappa shape index (κ2) is 7.73. The van der Waals surface area contributed by atoms with Crippen LogP contribution in [-0.4, -0.2) is 30.2 Å². The topological polar surface area (TPSA) is 46.6 Å². The highest BCUT2D eigenvalue weighted by molar-refractivity contribution is 5.94. The number of carbonyl (C=O) groups excluding carboxylic acids is 2. The standard InChI is InChI=1S/C19H20FNO3/c1-13(17-9-4-5-10-18(17)20)21(3)19(23)12-24-16-8-6-7-15(11-16)14(2)22/h4-11,13H,12H2,1-3H3. The Balaban J connectivity index is 2.00. The fourth-order valence-corrected chi connectivity index (χ4v) is 2.29. The number of carbonyl (C=O) groups is 2. The van der Waals surface area contributed by atoms with Crippen molar-refractivity contribution >= 4 is 11.7 Å². The number of hydrogen-bond acceptors (Lipinski definition) is 3. The SMILES string of the molecule is CC(=O)c1cccc(OCC(=O)N(C)C(C)c2ccccc2F)c1. The van der Waals surface area contributed by atoms with E-state index in [-0.39, 0.29) is 24.1 Å². The normalized spacial score (nSPS) is 11.7. The number of hydrogen-bond donors (Lipinski definition) is 0. The van der Waals surface area contributed by atoms with Crippen molar-refractivity contribution in [3.63, 3.8) is 0 Å². The van der Waals surface area contributed by atoms with Crippen LogP contribution in [0.3, 0.4) is 0 Å². The summed E-state index contributed by atoms with van der Waals surface area (Å²) in [6, 6.07) is 12.6. The molecule has 1 atom stereocenters.